The van der Waals surface area contributed by atoms with Crippen molar-refractivity contribution >= 4 is 23.2 Å². The molecule has 3 aromatic rings. The van der Waals surface area contributed by atoms with Crippen molar-refractivity contribution in [2.75, 3.05) is 0 Å². The molecule has 3 rings (SSSR count). The van der Waals surface area contributed by atoms with Crippen LogP contribution in [0.2, 0.25) is 0 Å². The van der Waals surface area contributed by atoms with Crippen molar-refractivity contribution in [1.82, 2.24) is 10.9 Å². The zero-order valence-electron chi connectivity index (χ0n) is 12.6. The summed E-state index contributed by atoms with van der Waals surface area (Å²) in [7, 11) is 0. The lowest BCUT2D eigenvalue weighted by Gasteiger charge is -2.09. The Bertz CT molecular complexity index is 832. The van der Waals surface area contributed by atoms with Crippen molar-refractivity contribution in [3.05, 3.63) is 82.6 Å². The van der Waals surface area contributed by atoms with Crippen molar-refractivity contribution in [2.24, 2.45) is 0 Å². The van der Waals surface area contributed by atoms with Crippen LogP contribution in [-0.4, -0.2) is 11.8 Å². The quantitative estimate of drug-likeness (QED) is 0.714. The van der Waals surface area contributed by atoms with E-state index in [4.69, 9.17) is 4.74 Å². The SMILES string of the molecule is O=C(NNC(=O)c1cccs1)c1cccc(Oc2ccccc2)c1. The van der Waals surface area contributed by atoms with E-state index in [-0.39, 0.29) is 5.91 Å². The minimum absolute atomic E-state index is 0.352. The minimum Gasteiger partial charge on any atom is -0.457 e. The lowest BCUT2D eigenvalue weighted by Crippen LogP contribution is -2.41. The molecule has 2 amide bonds. The van der Waals surface area contributed by atoms with Crippen molar-refractivity contribution in [3.63, 3.8) is 0 Å². The molecule has 120 valence electrons. The fourth-order valence-electron chi connectivity index (χ4n) is 1.98. The number of hydrogen-bond acceptors (Lipinski definition) is 4. The van der Waals surface area contributed by atoms with E-state index in [2.05, 4.69) is 10.9 Å². The summed E-state index contributed by atoms with van der Waals surface area (Å²) >= 11 is 1.30. The zero-order valence-corrected chi connectivity index (χ0v) is 13.4. The smallest absolute Gasteiger partial charge is 0.279 e. The molecule has 0 fully saturated rings. The fourth-order valence-corrected chi connectivity index (χ4v) is 2.60. The highest BCUT2D eigenvalue weighted by Gasteiger charge is 2.10. The predicted octanol–water partition coefficient (Wildman–Crippen LogP) is 3.62. The van der Waals surface area contributed by atoms with E-state index < -0.39 is 5.91 Å². The summed E-state index contributed by atoms with van der Waals surface area (Å²) in [5.41, 5.74) is 5.16. The molecule has 24 heavy (non-hydrogen) atoms. The lowest BCUT2D eigenvalue weighted by atomic mass is 10.2. The van der Waals surface area contributed by atoms with Gasteiger partial charge in [-0.3, -0.25) is 20.4 Å². The molecule has 2 aromatic carbocycles. The maximum atomic E-state index is 12.1. The number of hydrogen-bond donors (Lipinski definition) is 2. The van der Waals surface area contributed by atoms with Gasteiger partial charge >= 0.3 is 0 Å². The van der Waals surface area contributed by atoms with Crippen LogP contribution in [0.4, 0.5) is 0 Å². The number of carbonyl (C=O) groups is 2. The zero-order chi connectivity index (χ0) is 16.8. The molecule has 0 aliphatic rings. The van der Waals surface area contributed by atoms with Crippen LogP contribution in [0.25, 0.3) is 0 Å². The first kappa shape index (κ1) is 15.8. The molecular formula is C18H14N2O3S. The summed E-state index contributed by atoms with van der Waals surface area (Å²) in [4.78, 5) is 24.5. The number of hydrazine groups is 1. The highest BCUT2D eigenvalue weighted by Crippen LogP contribution is 2.21. The van der Waals surface area contributed by atoms with Crippen LogP contribution in [-0.2, 0) is 0 Å². The monoisotopic (exact) mass is 338 g/mol. The third-order valence-corrected chi connectivity index (χ3v) is 3.98. The van der Waals surface area contributed by atoms with Crippen molar-refractivity contribution in [3.8, 4) is 11.5 Å². The van der Waals surface area contributed by atoms with Gasteiger partial charge in [0.25, 0.3) is 11.8 Å². The summed E-state index contributed by atoms with van der Waals surface area (Å²) in [6.07, 6.45) is 0. The van der Waals surface area contributed by atoms with Gasteiger partial charge in [0.05, 0.1) is 4.88 Å². The van der Waals surface area contributed by atoms with E-state index in [1.165, 1.54) is 11.3 Å². The van der Waals surface area contributed by atoms with Gasteiger partial charge in [-0.25, -0.2) is 0 Å². The predicted molar refractivity (Wildman–Crippen MR) is 92.2 cm³/mol. The molecule has 6 heteroatoms. The Morgan fingerprint density at radius 3 is 2.29 bits per heavy atom. The van der Waals surface area contributed by atoms with E-state index in [0.29, 0.717) is 21.9 Å². The second kappa shape index (κ2) is 7.43. The average Bonchev–Trinajstić information content (AvgIpc) is 3.15. The average molecular weight is 338 g/mol. The van der Waals surface area contributed by atoms with E-state index in [0.717, 1.165) is 0 Å². The molecule has 0 saturated carbocycles. The molecule has 0 aliphatic carbocycles. The van der Waals surface area contributed by atoms with Crippen LogP contribution in [0.5, 0.6) is 11.5 Å². The summed E-state index contributed by atoms with van der Waals surface area (Å²) in [5, 5.41) is 1.79. The van der Waals surface area contributed by atoms with Gasteiger partial charge in [-0.05, 0) is 41.8 Å². The summed E-state index contributed by atoms with van der Waals surface area (Å²) < 4.78 is 5.69. The Hall–Kier alpha value is -3.12. The Morgan fingerprint density at radius 1 is 0.792 bits per heavy atom. The van der Waals surface area contributed by atoms with Gasteiger partial charge in [0.2, 0.25) is 0 Å². The molecular weight excluding hydrogens is 324 g/mol. The highest BCUT2D eigenvalue weighted by molar-refractivity contribution is 7.12. The first-order chi connectivity index (χ1) is 11.7. The number of para-hydroxylation sites is 1. The Morgan fingerprint density at radius 2 is 1.54 bits per heavy atom. The van der Waals surface area contributed by atoms with Crippen molar-refractivity contribution < 1.29 is 14.3 Å². The van der Waals surface area contributed by atoms with E-state index in [9.17, 15) is 9.59 Å². The van der Waals surface area contributed by atoms with Crippen LogP contribution < -0.4 is 15.6 Å². The molecule has 0 unspecified atom stereocenters. The molecule has 1 aromatic heterocycles. The minimum atomic E-state index is -0.418. The second-order valence-corrected chi connectivity index (χ2v) is 5.78. The summed E-state index contributed by atoms with van der Waals surface area (Å²) in [6, 6.07) is 19.5. The maximum Gasteiger partial charge on any atom is 0.279 e. The number of ether oxygens (including phenoxy) is 1. The molecule has 0 spiro atoms. The van der Waals surface area contributed by atoms with Crippen LogP contribution in [0.1, 0.15) is 20.0 Å². The molecule has 0 bridgehead atoms. The van der Waals surface area contributed by atoms with Gasteiger partial charge in [0.1, 0.15) is 11.5 Å². The van der Waals surface area contributed by atoms with Gasteiger partial charge in [-0.1, -0.05) is 30.3 Å². The second-order valence-electron chi connectivity index (χ2n) is 4.83. The van der Waals surface area contributed by atoms with Crippen LogP contribution in [0, 0.1) is 0 Å². The van der Waals surface area contributed by atoms with Gasteiger partial charge < -0.3 is 4.74 Å². The number of amides is 2. The molecule has 0 radical (unpaired) electrons. The first-order valence-electron chi connectivity index (χ1n) is 7.19. The van der Waals surface area contributed by atoms with E-state index in [1.54, 1.807) is 41.8 Å². The molecule has 2 N–H and O–H groups in total. The lowest BCUT2D eigenvalue weighted by molar-refractivity contribution is 0.0849. The standard InChI is InChI=1S/C18H14N2O3S/c21-17(19-20-18(22)16-10-5-11-24-16)13-6-4-9-15(12-13)23-14-7-2-1-3-8-14/h1-12H,(H,19,21)(H,20,22). The van der Waals surface area contributed by atoms with Gasteiger partial charge in [-0.15, -0.1) is 11.3 Å². The number of rotatable bonds is 4. The third-order valence-electron chi connectivity index (χ3n) is 3.11. The fraction of sp³-hybridized carbons (Fsp3) is 0. The van der Waals surface area contributed by atoms with Crippen LogP contribution in [0.3, 0.4) is 0 Å². The first-order valence-corrected chi connectivity index (χ1v) is 8.07. The number of benzene rings is 2. The summed E-state index contributed by atoms with van der Waals surface area (Å²) in [6.45, 7) is 0. The van der Waals surface area contributed by atoms with Gasteiger partial charge in [0.15, 0.2) is 0 Å². The Labute approximate surface area is 142 Å². The van der Waals surface area contributed by atoms with E-state index in [1.807, 2.05) is 30.3 Å². The molecule has 0 atom stereocenters. The molecule has 1 heterocycles. The highest BCUT2D eigenvalue weighted by atomic mass is 32.1. The normalized spacial score (nSPS) is 10.0. The Kier molecular flexibility index (Phi) is 4.88. The topological polar surface area (TPSA) is 67.4 Å². The van der Waals surface area contributed by atoms with Gasteiger partial charge in [0, 0.05) is 5.56 Å². The molecule has 0 saturated heterocycles. The molecule has 5 nitrogen and oxygen atoms in total. The summed E-state index contributed by atoms with van der Waals surface area (Å²) in [5.74, 6) is 0.452. The van der Waals surface area contributed by atoms with Crippen molar-refractivity contribution in [1.29, 1.82) is 0 Å². The Balaban J connectivity index is 1.63. The molecule has 0 aliphatic heterocycles. The van der Waals surface area contributed by atoms with Crippen LogP contribution >= 0.6 is 11.3 Å². The third kappa shape index (κ3) is 3.99. The largest absolute Gasteiger partial charge is 0.457 e. The van der Waals surface area contributed by atoms with Crippen molar-refractivity contribution in [2.45, 2.75) is 0 Å². The number of carbonyl (C=O) groups excluding carboxylic acids is 2. The maximum absolute atomic E-state index is 12.1. The van der Waals surface area contributed by atoms with Crippen LogP contribution in [0.15, 0.2) is 72.1 Å². The number of nitrogens with one attached hydrogen (secondary N) is 2. The number of thiophene rings is 1. The van der Waals surface area contributed by atoms with Gasteiger partial charge in [-0.2, -0.15) is 0 Å². The van der Waals surface area contributed by atoms with E-state index >= 15 is 0 Å².